The molecule has 10 aromatic rings. The summed E-state index contributed by atoms with van der Waals surface area (Å²) in [5, 5.41) is 7.36. The van der Waals surface area contributed by atoms with Gasteiger partial charge in [0.1, 0.15) is 0 Å². The lowest BCUT2D eigenvalue weighted by Gasteiger charge is -2.36. The lowest BCUT2D eigenvalue weighted by Crippen LogP contribution is -2.29. The highest BCUT2D eigenvalue weighted by atomic mass is 32.1. The molecule has 0 N–H and O–H groups in total. The molecule has 1 aliphatic rings. The van der Waals surface area contributed by atoms with Gasteiger partial charge in [-0.3, -0.25) is 4.98 Å². The number of hydrogen-bond acceptors (Lipinski definition) is 3. The average Bonchev–Trinajstić information content (AvgIpc) is 3.67. The second-order valence-corrected chi connectivity index (χ2v) is 17.7. The number of benzene rings is 8. The zero-order chi connectivity index (χ0) is 39.7. The molecule has 2 aromatic heterocycles. The van der Waals surface area contributed by atoms with Crippen LogP contribution in [0.3, 0.4) is 0 Å². The molecule has 1 atom stereocenters. The number of nitrogens with zero attached hydrogens (tertiary/aromatic N) is 2. The molecule has 282 valence electrons. The Morgan fingerprint density at radius 2 is 1.08 bits per heavy atom. The van der Waals surface area contributed by atoms with Crippen LogP contribution in [-0.4, -0.2) is 9.97 Å². The number of hydrogen-bond donors (Lipinski definition) is 0. The molecule has 0 radical (unpaired) electrons. The molecule has 3 heteroatoms. The van der Waals surface area contributed by atoms with Crippen molar-refractivity contribution < 1.29 is 0 Å². The van der Waals surface area contributed by atoms with E-state index in [0.717, 1.165) is 39.5 Å². The summed E-state index contributed by atoms with van der Waals surface area (Å²) in [5.41, 5.74) is 13.9. The van der Waals surface area contributed by atoms with Crippen LogP contribution >= 0.6 is 11.3 Å². The van der Waals surface area contributed by atoms with Crippen LogP contribution in [0, 0.1) is 12.8 Å². The normalized spacial score (nSPS) is 14.5. The third-order valence-corrected chi connectivity index (χ3v) is 13.9. The van der Waals surface area contributed by atoms with Crippen LogP contribution in [-0.2, 0) is 5.41 Å². The Morgan fingerprint density at radius 1 is 0.525 bits per heavy atom. The van der Waals surface area contributed by atoms with E-state index in [2.05, 4.69) is 197 Å². The predicted molar refractivity (Wildman–Crippen MR) is 253 cm³/mol. The van der Waals surface area contributed by atoms with Crippen molar-refractivity contribution in [1.29, 1.82) is 0 Å². The molecule has 2 heterocycles. The van der Waals surface area contributed by atoms with E-state index >= 15 is 0 Å². The number of aromatic nitrogens is 2. The van der Waals surface area contributed by atoms with Crippen molar-refractivity contribution in [2.75, 3.05) is 0 Å². The maximum absolute atomic E-state index is 5.23. The Bertz CT molecular complexity index is 3290. The van der Waals surface area contributed by atoms with Gasteiger partial charge in [0.2, 0.25) is 0 Å². The molecule has 11 rings (SSSR count). The third-order valence-electron chi connectivity index (χ3n) is 12.8. The van der Waals surface area contributed by atoms with E-state index in [4.69, 9.17) is 9.97 Å². The van der Waals surface area contributed by atoms with Gasteiger partial charge in [-0.05, 0) is 98.2 Å². The van der Waals surface area contributed by atoms with Crippen molar-refractivity contribution in [3.8, 4) is 33.5 Å². The smallest absolute Gasteiger partial charge is 0.0979 e. The third kappa shape index (κ3) is 6.08. The van der Waals surface area contributed by atoms with Gasteiger partial charge in [0.15, 0.2) is 0 Å². The average molecular weight is 775 g/mol. The van der Waals surface area contributed by atoms with Crippen molar-refractivity contribution in [2.45, 2.75) is 32.6 Å². The highest BCUT2D eigenvalue weighted by molar-refractivity contribution is 7.25. The van der Waals surface area contributed by atoms with E-state index < -0.39 is 0 Å². The van der Waals surface area contributed by atoms with Crippen LogP contribution in [0.2, 0.25) is 0 Å². The van der Waals surface area contributed by atoms with Crippen molar-refractivity contribution >= 4 is 69.7 Å². The summed E-state index contributed by atoms with van der Waals surface area (Å²) >= 11 is 1.87. The van der Waals surface area contributed by atoms with Crippen LogP contribution in [0.25, 0.3) is 91.8 Å². The minimum Gasteiger partial charge on any atom is -0.252 e. The Morgan fingerprint density at radius 3 is 1.81 bits per heavy atom. The molecule has 1 aliphatic carbocycles. The van der Waals surface area contributed by atoms with E-state index in [1.165, 1.54) is 75.5 Å². The first-order valence-corrected chi connectivity index (χ1v) is 21.4. The van der Waals surface area contributed by atoms with Gasteiger partial charge in [0.05, 0.1) is 22.9 Å². The Kier molecular flexibility index (Phi) is 8.42. The van der Waals surface area contributed by atoms with Gasteiger partial charge in [-0.25, -0.2) is 4.98 Å². The molecule has 59 heavy (non-hydrogen) atoms. The first-order chi connectivity index (χ1) is 28.9. The minimum atomic E-state index is -0.0810. The van der Waals surface area contributed by atoms with Crippen LogP contribution in [0.15, 0.2) is 182 Å². The zero-order valence-corrected chi connectivity index (χ0v) is 34.2. The summed E-state index contributed by atoms with van der Waals surface area (Å²) in [4.78, 5) is 10.2. The topological polar surface area (TPSA) is 25.8 Å². The molecule has 1 unspecified atom stereocenters. The molecule has 8 aromatic carbocycles. The molecule has 0 bridgehead atoms. The summed E-state index contributed by atoms with van der Waals surface area (Å²) in [6.07, 6.45) is 10.1. The van der Waals surface area contributed by atoms with E-state index in [9.17, 15) is 0 Å². The first-order valence-electron chi connectivity index (χ1n) is 20.6. The fourth-order valence-electron chi connectivity index (χ4n) is 9.43. The van der Waals surface area contributed by atoms with Gasteiger partial charge < -0.3 is 0 Å². The molecule has 0 aliphatic heterocycles. The maximum atomic E-state index is 5.23. The second-order valence-electron chi connectivity index (χ2n) is 16.6. The Hall–Kier alpha value is -6.68. The van der Waals surface area contributed by atoms with Gasteiger partial charge in [-0.1, -0.05) is 172 Å². The van der Waals surface area contributed by atoms with Crippen molar-refractivity contribution in [3.63, 3.8) is 0 Å². The van der Waals surface area contributed by atoms with Gasteiger partial charge in [-0.15, -0.1) is 11.3 Å². The van der Waals surface area contributed by atoms with E-state index in [0.29, 0.717) is 5.92 Å². The fourth-order valence-corrected chi connectivity index (χ4v) is 10.5. The Labute approximate surface area is 348 Å². The van der Waals surface area contributed by atoms with E-state index in [-0.39, 0.29) is 5.41 Å². The molecule has 0 saturated carbocycles. The molecule has 2 nitrogen and oxygen atoms in total. The van der Waals surface area contributed by atoms with Crippen LogP contribution in [0.5, 0.6) is 0 Å². The lowest BCUT2D eigenvalue weighted by atomic mass is 9.68. The van der Waals surface area contributed by atoms with Gasteiger partial charge in [0.25, 0.3) is 0 Å². The molecule has 0 amide bonds. The van der Waals surface area contributed by atoms with Crippen LogP contribution < -0.4 is 0 Å². The summed E-state index contributed by atoms with van der Waals surface area (Å²) in [6.45, 7) is 7.09. The van der Waals surface area contributed by atoms with E-state index in [1.54, 1.807) is 0 Å². The highest BCUT2D eigenvalue weighted by Crippen LogP contribution is 2.43. The number of aryl methyl sites for hydroxylation is 1. The summed E-state index contributed by atoms with van der Waals surface area (Å²) < 4.78 is 2.68. The number of allylic oxidation sites excluding steroid dienone is 4. The van der Waals surface area contributed by atoms with Crippen molar-refractivity contribution in [3.05, 3.63) is 199 Å². The van der Waals surface area contributed by atoms with Gasteiger partial charge in [-0.2, -0.15) is 0 Å². The highest BCUT2D eigenvalue weighted by Gasteiger charge is 2.32. The first kappa shape index (κ1) is 35.5. The van der Waals surface area contributed by atoms with Gasteiger partial charge >= 0.3 is 0 Å². The number of rotatable bonds is 6. The number of thiophene rings is 1. The molecule has 0 spiro atoms. The largest absolute Gasteiger partial charge is 0.252 e. The Balaban J connectivity index is 0.864. The quantitative estimate of drug-likeness (QED) is 0.157. The summed E-state index contributed by atoms with van der Waals surface area (Å²) in [6, 6.07) is 57.6. The van der Waals surface area contributed by atoms with Crippen LogP contribution in [0.4, 0.5) is 0 Å². The summed E-state index contributed by atoms with van der Waals surface area (Å²) in [5.74, 6) is 0.354. The summed E-state index contributed by atoms with van der Waals surface area (Å²) in [7, 11) is 0. The molecule has 0 fully saturated rings. The zero-order valence-electron chi connectivity index (χ0n) is 33.4. The predicted octanol–water partition coefficient (Wildman–Crippen LogP) is 15.6. The molecule has 0 saturated heterocycles. The van der Waals surface area contributed by atoms with Crippen molar-refractivity contribution in [1.82, 2.24) is 9.97 Å². The van der Waals surface area contributed by atoms with E-state index in [1.807, 2.05) is 17.5 Å². The molecular weight excluding hydrogens is 733 g/mol. The lowest BCUT2D eigenvalue weighted by molar-refractivity contribution is 0.382. The standard InChI is InChI=1S/C56H42N2S/c1-35-19-20-42(38-25-27-39(28-26-38)51-34-57-54-47-16-6-4-13-44(47)45-14-5-7-17-48(45)55(54)58-51)33-50(35)56(2,3)43-12-10-11-40(31-43)36-21-23-37(24-22-36)41-29-30-53-49(32-41)46-15-8-9-18-52(46)59-53/h4-11,13-34,43H,12H2,1-3H3. The fraction of sp³-hybridized carbons (Fsp3) is 0.107. The molecular formula is C56H42N2S. The van der Waals surface area contributed by atoms with Crippen molar-refractivity contribution in [2.24, 2.45) is 5.92 Å². The monoisotopic (exact) mass is 774 g/mol. The van der Waals surface area contributed by atoms with Crippen LogP contribution in [0.1, 0.15) is 37.0 Å². The van der Waals surface area contributed by atoms with Gasteiger partial charge in [0, 0.05) is 36.5 Å². The SMILES string of the molecule is Cc1ccc(-c2ccc(-c3cnc4c5ccccc5c5ccccc5c4n3)cc2)cc1C(C)(C)C1C=C(c2ccc(-c3ccc4sc5ccccc5c4c3)cc2)C=CC1. The maximum Gasteiger partial charge on any atom is 0.0979 e. The number of fused-ring (bicyclic) bond motifs is 9. The second kappa shape index (κ2) is 14.0. The minimum absolute atomic E-state index is 0.0810.